The van der Waals surface area contributed by atoms with Gasteiger partial charge in [0.25, 0.3) is 0 Å². The molecular formula is C10H15NO3. The molecule has 0 radical (unpaired) electrons. The van der Waals surface area contributed by atoms with Crippen LogP contribution in [0.4, 0.5) is 0 Å². The molecule has 0 spiro atoms. The van der Waals surface area contributed by atoms with Crippen molar-refractivity contribution in [3.63, 3.8) is 0 Å². The van der Waals surface area contributed by atoms with Crippen molar-refractivity contribution in [2.45, 2.75) is 25.8 Å². The molecule has 14 heavy (non-hydrogen) atoms. The first-order chi connectivity index (χ1) is 6.57. The van der Waals surface area contributed by atoms with Crippen LogP contribution >= 0.6 is 0 Å². The highest BCUT2D eigenvalue weighted by atomic mass is 16.5. The third-order valence-corrected chi connectivity index (χ3v) is 2.35. The van der Waals surface area contributed by atoms with E-state index in [1.54, 1.807) is 6.92 Å². The number of hydrogen-bond donors (Lipinski definition) is 0. The fourth-order valence-electron chi connectivity index (χ4n) is 1.64. The Morgan fingerprint density at radius 1 is 1.50 bits per heavy atom. The predicted octanol–water partition coefficient (Wildman–Crippen LogP) is 0.726. The molecule has 4 heteroatoms. The van der Waals surface area contributed by atoms with Gasteiger partial charge in [0.2, 0.25) is 5.91 Å². The average molecular weight is 197 g/mol. The number of carbonyl (C=O) groups is 2. The first-order valence-corrected chi connectivity index (χ1v) is 4.62. The molecule has 0 saturated carbocycles. The maximum atomic E-state index is 11.6. The lowest BCUT2D eigenvalue weighted by atomic mass is 10.2. The van der Waals surface area contributed by atoms with E-state index < -0.39 is 6.04 Å². The second kappa shape index (κ2) is 4.26. The van der Waals surface area contributed by atoms with E-state index in [4.69, 9.17) is 0 Å². The minimum atomic E-state index is -0.413. The van der Waals surface area contributed by atoms with Gasteiger partial charge in [-0.2, -0.15) is 0 Å². The fourth-order valence-corrected chi connectivity index (χ4v) is 1.64. The van der Waals surface area contributed by atoms with Crippen LogP contribution in [0.1, 0.15) is 19.8 Å². The highest BCUT2D eigenvalue weighted by Crippen LogP contribution is 2.19. The van der Waals surface area contributed by atoms with Crippen LogP contribution in [-0.4, -0.2) is 36.5 Å². The van der Waals surface area contributed by atoms with Crippen molar-refractivity contribution in [3.8, 4) is 0 Å². The largest absolute Gasteiger partial charge is 0.467 e. The molecule has 78 valence electrons. The summed E-state index contributed by atoms with van der Waals surface area (Å²) >= 11 is 0. The Labute approximate surface area is 83.5 Å². The van der Waals surface area contributed by atoms with Gasteiger partial charge < -0.3 is 9.64 Å². The second-order valence-corrected chi connectivity index (χ2v) is 3.46. The van der Waals surface area contributed by atoms with Crippen LogP contribution in [0.25, 0.3) is 0 Å². The molecule has 4 nitrogen and oxygen atoms in total. The topological polar surface area (TPSA) is 46.6 Å². The van der Waals surface area contributed by atoms with Crippen LogP contribution in [0.15, 0.2) is 12.2 Å². The Balaban J connectivity index is 2.73. The Hall–Kier alpha value is -1.32. The average Bonchev–Trinajstić information content (AvgIpc) is 2.63. The summed E-state index contributed by atoms with van der Waals surface area (Å²) in [6, 6.07) is -0.413. The summed E-state index contributed by atoms with van der Waals surface area (Å²) in [5.74, 6) is -0.491. The number of likely N-dealkylation sites (tertiary alicyclic amines) is 1. The Kier molecular flexibility index (Phi) is 3.28. The van der Waals surface area contributed by atoms with E-state index >= 15 is 0 Å². The van der Waals surface area contributed by atoms with Gasteiger partial charge in [-0.3, -0.25) is 4.79 Å². The van der Waals surface area contributed by atoms with Gasteiger partial charge in [0.1, 0.15) is 6.04 Å². The van der Waals surface area contributed by atoms with Gasteiger partial charge in [0.15, 0.2) is 0 Å². The van der Waals surface area contributed by atoms with Crippen LogP contribution in [0.5, 0.6) is 0 Å². The van der Waals surface area contributed by atoms with Gasteiger partial charge in [-0.15, -0.1) is 0 Å². The zero-order valence-electron chi connectivity index (χ0n) is 8.58. The van der Waals surface area contributed by atoms with E-state index in [2.05, 4.69) is 11.3 Å². The lowest BCUT2D eigenvalue weighted by molar-refractivity contribution is -0.149. The van der Waals surface area contributed by atoms with Crippen molar-refractivity contribution >= 4 is 11.9 Å². The smallest absolute Gasteiger partial charge is 0.328 e. The lowest BCUT2D eigenvalue weighted by Gasteiger charge is -2.22. The molecule has 1 amide bonds. The van der Waals surface area contributed by atoms with Crippen LogP contribution in [0.2, 0.25) is 0 Å². The molecule has 1 atom stereocenters. The van der Waals surface area contributed by atoms with Crippen molar-refractivity contribution < 1.29 is 14.3 Å². The molecule has 0 aromatic heterocycles. The molecule has 1 saturated heterocycles. The van der Waals surface area contributed by atoms with Crippen LogP contribution in [-0.2, 0) is 14.3 Å². The summed E-state index contributed by atoms with van der Waals surface area (Å²) in [5.41, 5.74) is 0.459. The standard InChI is InChI=1S/C10H15NO3/c1-7(2)9(12)11-6-4-5-8(11)10(13)14-3/h8H,1,4-6H2,2-3H3/t8-/m0/s1. The van der Waals surface area contributed by atoms with E-state index in [0.717, 1.165) is 6.42 Å². The first kappa shape index (κ1) is 10.8. The van der Waals surface area contributed by atoms with Crippen molar-refractivity contribution in [1.29, 1.82) is 0 Å². The van der Waals surface area contributed by atoms with E-state index in [9.17, 15) is 9.59 Å². The van der Waals surface area contributed by atoms with Crippen LogP contribution in [0, 0.1) is 0 Å². The second-order valence-electron chi connectivity index (χ2n) is 3.46. The van der Waals surface area contributed by atoms with E-state index in [1.807, 2.05) is 0 Å². The molecule has 0 bridgehead atoms. The maximum Gasteiger partial charge on any atom is 0.328 e. The van der Waals surface area contributed by atoms with Gasteiger partial charge in [0.05, 0.1) is 7.11 Å². The quantitative estimate of drug-likeness (QED) is 0.484. The molecule has 0 aromatic rings. The monoisotopic (exact) mass is 197 g/mol. The van der Waals surface area contributed by atoms with Crippen LogP contribution in [0.3, 0.4) is 0 Å². The zero-order valence-corrected chi connectivity index (χ0v) is 8.58. The van der Waals surface area contributed by atoms with Gasteiger partial charge in [-0.05, 0) is 19.8 Å². The van der Waals surface area contributed by atoms with Gasteiger partial charge in [-0.25, -0.2) is 4.79 Å². The molecule has 1 fully saturated rings. The number of rotatable bonds is 2. The predicted molar refractivity (Wildman–Crippen MR) is 51.6 cm³/mol. The summed E-state index contributed by atoms with van der Waals surface area (Å²) in [5, 5.41) is 0. The Morgan fingerprint density at radius 2 is 2.14 bits per heavy atom. The van der Waals surface area contributed by atoms with E-state index in [0.29, 0.717) is 18.5 Å². The maximum absolute atomic E-state index is 11.6. The molecule has 0 aromatic carbocycles. The van der Waals surface area contributed by atoms with Gasteiger partial charge in [0, 0.05) is 12.1 Å². The molecular weight excluding hydrogens is 182 g/mol. The molecule has 0 aliphatic carbocycles. The number of carbonyl (C=O) groups excluding carboxylic acids is 2. The third-order valence-electron chi connectivity index (χ3n) is 2.35. The number of ether oxygens (including phenoxy) is 1. The zero-order chi connectivity index (χ0) is 10.7. The van der Waals surface area contributed by atoms with Crippen molar-refractivity contribution in [1.82, 2.24) is 4.90 Å². The normalized spacial score (nSPS) is 20.7. The minimum absolute atomic E-state index is 0.155. The molecule has 1 aliphatic heterocycles. The summed E-state index contributed by atoms with van der Waals surface area (Å²) in [4.78, 5) is 24.4. The van der Waals surface area contributed by atoms with Crippen LogP contribution < -0.4 is 0 Å². The number of amides is 1. The van der Waals surface area contributed by atoms with Gasteiger partial charge in [-0.1, -0.05) is 6.58 Å². The fraction of sp³-hybridized carbons (Fsp3) is 0.600. The Morgan fingerprint density at radius 3 is 2.64 bits per heavy atom. The van der Waals surface area contributed by atoms with Crippen molar-refractivity contribution in [2.24, 2.45) is 0 Å². The van der Waals surface area contributed by atoms with Gasteiger partial charge >= 0.3 is 5.97 Å². The first-order valence-electron chi connectivity index (χ1n) is 4.62. The summed E-state index contributed by atoms with van der Waals surface area (Å²) in [6.07, 6.45) is 1.53. The number of hydrogen-bond acceptors (Lipinski definition) is 3. The van der Waals surface area contributed by atoms with E-state index in [1.165, 1.54) is 12.0 Å². The number of esters is 1. The lowest BCUT2D eigenvalue weighted by Crippen LogP contribution is -2.41. The molecule has 1 aliphatic rings. The molecule has 1 heterocycles. The molecule has 0 unspecified atom stereocenters. The minimum Gasteiger partial charge on any atom is -0.467 e. The highest BCUT2D eigenvalue weighted by Gasteiger charge is 2.34. The highest BCUT2D eigenvalue weighted by molar-refractivity contribution is 5.95. The number of methoxy groups -OCH3 is 1. The van der Waals surface area contributed by atoms with E-state index in [-0.39, 0.29) is 11.9 Å². The third kappa shape index (κ3) is 1.95. The number of nitrogens with zero attached hydrogens (tertiary/aromatic N) is 1. The summed E-state index contributed by atoms with van der Waals surface area (Å²) in [6.45, 7) is 5.84. The molecule has 1 rings (SSSR count). The van der Waals surface area contributed by atoms with Crippen molar-refractivity contribution in [2.75, 3.05) is 13.7 Å². The SMILES string of the molecule is C=C(C)C(=O)N1CCC[C@H]1C(=O)OC. The van der Waals surface area contributed by atoms with Crippen molar-refractivity contribution in [3.05, 3.63) is 12.2 Å². The molecule has 0 N–H and O–H groups in total. The summed E-state index contributed by atoms with van der Waals surface area (Å²) < 4.78 is 4.63. The Bertz CT molecular complexity index is 273. The summed E-state index contributed by atoms with van der Waals surface area (Å²) in [7, 11) is 1.34.